The Morgan fingerprint density at radius 2 is 1.64 bits per heavy atom. The Morgan fingerprint density at radius 3 is 2.29 bits per heavy atom. The van der Waals surface area contributed by atoms with Crippen LogP contribution in [-0.2, 0) is 0 Å². The minimum absolute atomic E-state index is 0.624. The molecule has 5 nitrogen and oxygen atoms in total. The molecule has 4 aromatic rings. The smallest absolute Gasteiger partial charge is 0.154 e. The van der Waals surface area contributed by atoms with Gasteiger partial charge in [0.15, 0.2) is 5.82 Å². The fourth-order valence-corrected chi connectivity index (χ4v) is 3.03. The van der Waals surface area contributed by atoms with E-state index in [2.05, 4.69) is 11.1 Å². The number of rotatable bonds is 4. The van der Waals surface area contributed by atoms with Gasteiger partial charge in [-0.1, -0.05) is 18.2 Å². The SMILES string of the molecule is COc1ccc(-c2cc(-c3ccc(C#N)cc3)nn2-c2cccc(C)n2)cc1. The van der Waals surface area contributed by atoms with Crippen molar-refractivity contribution in [2.75, 3.05) is 7.11 Å². The first-order valence-electron chi connectivity index (χ1n) is 8.87. The van der Waals surface area contributed by atoms with Gasteiger partial charge < -0.3 is 4.74 Å². The van der Waals surface area contributed by atoms with Crippen LogP contribution in [0.3, 0.4) is 0 Å². The molecular formula is C23H18N4O. The Balaban J connectivity index is 1.86. The number of aryl methyl sites for hydroxylation is 1. The molecule has 28 heavy (non-hydrogen) atoms. The maximum absolute atomic E-state index is 9.03. The molecule has 0 aliphatic heterocycles. The predicted octanol–water partition coefficient (Wildman–Crippen LogP) is 4.79. The molecule has 0 aliphatic rings. The van der Waals surface area contributed by atoms with Crippen molar-refractivity contribution >= 4 is 0 Å². The molecule has 0 saturated heterocycles. The largest absolute Gasteiger partial charge is 0.497 e. The summed E-state index contributed by atoms with van der Waals surface area (Å²) >= 11 is 0. The van der Waals surface area contributed by atoms with Crippen molar-refractivity contribution in [3.05, 3.63) is 84.1 Å². The van der Waals surface area contributed by atoms with Crippen LogP contribution in [-0.4, -0.2) is 21.9 Å². The highest BCUT2D eigenvalue weighted by Crippen LogP contribution is 2.29. The van der Waals surface area contributed by atoms with E-state index in [4.69, 9.17) is 15.1 Å². The summed E-state index contributed by atoms with van der Waals surface area (Å²) < 4.78 is 7.12. The third kappa shape index (κ3) is 3.36. The molecule has 0 radical (unpaired) electrons. The van der Waals surface area contributed by atoms with Gasteiger partial charge >= 0.3 is 0 Å². The molecule has 2 heterocycles. The van der Waals surface area contributed by atoms with Gasteiger partial charge in [0.1, 0.15) is 5.75 Å². The van der Waals surface area contributed by atoms with Gasteiger partial charge in [-0.05, 0) is 61.5 Å². The topological polar surface area (TPSA) is 63.7 Å². The number of hydrogen-bond acceptors (Lipinski definition) is 4. The second-order valence-electron chi connectivity index (χ2n) is 6.38. The van der Waals surface area contributed by atoms with E-state index in [1.54, 1.807) is 19.2 Å². The number of benzene rings is 2. The van der Waals surface area contributed by atoms with Crippen molar-refractivity contribution in [1.29, 1.82) is 5.26 Å². The molecule has 2 aromatic heterocycles. The lowest BCUT2D eigenvalue weighted by molar-refractivity contribution is 0.415. The lowest BCUT2D eigenvalue weighted by atomic mass is 10.1. The molecule has 5 heteroatoms. The average molecular weight is 366 g/mol. The monoisotopic (exact) mass is 366 g/mol. The van der Waals surface area contributed by atoms with Gasteiger partial charge in [0, 0.05) is 16.8 Å². The van der Waals surface area contributed by atoms with E-state index >= 15 is 0 Å². The lowest BCUT2D eigenvalue weighted by Gasteiger charge is -2.08. The Labute approximate surface area is 163 Å². The molecular weight excluding hydrogens is 348 g/mol. The molecule has 0 spiro atoms. The van der Waals surface area contributed by atoms with Crippen molar-refractivity contribution in [3.8, 4) is 40.2 Å². The highest BCUT2D eigenvalue weighted by Gasteiger charge is 2.14. The minimum Gasteiger partial charge on any atom is -0.497 e. The minimum atomic E-state index is 0.624. The Bertz CT molecular complexity index is 1150. The van der Waals surface area contributed by atoms with Gasteiger partial charge in [-0.2, -0.15) is 10.4 Å². The van der Waals surface area contributed by atoms with Crippen molar-refractivity contribution in [2.24, 2.45) is 0 Å². The van der Waals surface area contributed by atoms with E-state index in [0.717, 1.165) is 39.8 Å². The van der Waals surface area contributed by atoms with Gasteiger partial charge in [-0.3, -0.25) is 0 Å². The van der Waals surface area contributed by atoms with Gasteiger partial charge in [-0.15, -0.1) is 0 Å². The number of hydrogen-bond donors (Lipinski definition) is 0. The van der Waals surface area contributed by atoms with Crippen LogP contribution in [0.5, 0.6) is 5.75 Å². The first-order valence-corrected chi connectivity index (χ1v) is 8.87. The third-order valence-electron chi connectivity index (χ3n) is 4.50. The van der Waals surface area contributed by atoms with Crippen molar-refractivity contribution < 1.29 is 4.74 Å². The predicted molar refractivity (Wildman–Crippen MR) is 108 cm³/mol. The van der Waals surface area contributed by atoms with Gasteiger partial charge in [0.05, 0.1) is 30.1 Å². The second-order valence-corrected chi connectivity index (χ2v) is 6.38. The zero-order valence-electron chi connectivity index (χ0n) is 15.6. The van der Waals surface area contributed by atoms with Crippen LogP contribution < -0.4 is 4.74 Å². The summed E-state index contributed by atoms with van der Waals surface area (Å²) in [6.45, 7) is 1.96. The molecule has 2 aromatic carbocycles. The molecule has 0 aliphatic carbocycles. The first kappa shape index (κ1) is 17.5. The molecule has 136 valence electrons. The van der Waals surface area contributed by atoms with E-state index < -0.39 is 0 Å². The van der Waals surface area contributed by atoms with E-state index in [1.807, 2.05) is 72.3 Å². The summed E-state index contributed by atoms with van der Waals surface area (Å²) in [7, 11) is 1.65. The quantitative estimate of drug-likeness (QED) is 0.521. The zero-order valence-corrected chi connectivity index (χ0v) is 15.6. The third-order valence-corrected chi connectivity index (χ3v) is 4.50. The van der Waals surface area contributed by atoms with E-state index in [1.165, 1.54) is 0 Å². The number of nitriles is 1. The standard InChI is InChI=1S/C23H18N4O/c1-16-4-3-5-23(25-16)27-22(19-10-12-20(28-2)13-11-19)14-21(26-27)18-8-6-17(15-24)7-9-18/h3-14H,1-2H3. The van der Waals surface area contributed by atoms with Crippen LogP contribution in [0.2, 0.25) is 0 Å². The Hall–Kier alpha value is -3.91. The molecule has 0 N–H and O–H groups in total. The van der Waals surface area contributed by atoms with E-state index in [9.17, 15) is 0 Å². The number of aromatic nitrogens is 3. The molecule has 0 fully saturated rings. The summed E-state index contributed by atoms with van der Waals surface area (Å²) in [5.41, 5.74) is 5.25. The van der Waals surface area contributed by atoms with E-state index in [0.29, 0.717) is 5.56 Å². The van der Waals surface area contributed by atoms with E-state index in [-0.39, 0.29) is 0 Å². The van der Waals surface area contributed by atoms with Crippen molar-refractivity contribution in [1.82, 2.24) is 14.8 Å². The molecule has 0 bridgehead atoms. The molecule has 0 saturated carbocycles. The summed E-state index contributed by atoms with van der Waals surface area (Å²) in [5, 5.41) is 13.8. The molecule has 0 amide bonds. The highest BCUT2D eigenvalue weighted by molar-refractivity contribution is 5.71. The summed E-state index contributed by atoms with van der Waals surface area (Å²) in [6.07, 6.45) is 0. The van der Waals surface area contributed by atoms with Crippen LogP contribution >= 0.6 is 0 Å². The zero-order chi connectivity index (χ0) is 19.5. The summed E-state index contributed by atoms with van der Waals surface area (Å²) in [6, 6.07) is 25.3. The normalized spacial score (nSPS) is 10.5. The van der Waals surface area contributed by atoms with Crippen LogP contribution in [0.1, 0.15) is 11.3 Å². The fraction of sp³-hybridized carbons (Fsp3) is 0.0870. The molecule has 0 unspecified atom stereocenters. The van der Waals surface area contributed by atoms with Crippen LogP contribution in [0, 0.1) is 18.3 Å². The first-order chi connectivity index (χ1) is 13.7. The summed E-state index contributed by atoms with van der Waals surface area (Å²) in [5.74, 6) is 1.56. The number of ether oxygens (including phenoxy) is 1. The van der Waals surface area contributed by atoms with Crippen molar-refractivity contribution in [3.63, 3.8) is 0 Å². The van der Waals surface area contributed by atoms with Crippen LogP contribution in [0.15, 0.2) is 72.8 Å². The van der Waals surface area contributed by atoms with Crippen molar-refractivity contribution in [2.45, 2.75) is 6.92 Å². The maximum Gasteiger partial charge on any atom is 0.154 e. The van der Waals surface area contributed by atoms with Gasteiger partial charge in [0.2, 0.25) is 0 Å². The average Bonchev–Trinajstić information content (AvgIpc) is 3.19. The summed E-state index contributed by atoms with van der Waals surface area (Å²) in [4.78, 5) is 4.63. The fourth-order valence-electron chi connectivity index (χ4n) is 3.03. The van der Waals surface area contributed by atoms with Crippen LogP contribution in [0.25, 0.3) is 28.3 Å². The maximum atomic E-state index is 9.03. The van der Waals surface area contributed by atoms with Gasteiger partial charge in [0.25, 0.3) is 0 Å². The molecule has 0 atom stereocenters. The van der Waals surface area contributed by atoms with Crippen LogP contribution in [0.4, 0.5) is 0 Å². The highest BCUT2D eigenvalue weighted by atomic mass is 16.5. The number of nitrogens with zero attached hydrogens (tertiary/aromatic N) is 4. The second kappa shape index (κ2) is 7.37. The van der Waals surface area contributed by atoms with Gasteiger partial charge in [-0.25, -0.2) is 9.67 Å². The Kier molecular flexibility index (Phi) is 4.61. The Morgan fingerprint density at radius 1 is 0.929 bits per heavy atom. The number of methoxy groups -OCH3 is 1. The molecule has 4 rings (SSSR count). The lowest BCUT2D eigenvalue weighted by Crippen LogP contribution is -2.02. The number of pyridine rings is 1.